The SMILES string of the molecule is O=C(N=C1CC=c2cccc3c2c1c1cccc2cccc3c21)c1ccccc1. The Morgan fingerprint density at radius 3 is 2.17 bits per heavy atom. The lowest BCUT2D eigenvalue weighted by Gasteiger charge is -2.19. The van der Waals surface area contributed by atoms with E-state index in [1.165, 1.54) is 37.5 Å². The molecule has 0 aromatic heterocycles. The van der Waals surface area contributed by atoms with Crippen LogP contribution in [0.5, 0.6) is 0 Å². The number of nitrogens with zero attached hydrogens (tertiary/aromatic N) is 1. The molecule has 0 N–H and O–H groups in total. The van der Waals surface area contributed by atoms with Crippen molar-refractivity contribution in [1.82, 2.24) is 0 Å². The van der Waals surface area contributed by atoms with Gasteiger partial charge in [-0.2, -0.15) is 0 Å². The summed E-state index contributed by atoms with van der Waals surface area (Å²) in [6, 6.07) is 28.6. The summed E-state index contributed by atoms with van der Waals surface area (Å²) in [6.07, 6.45) is 2.84. The largest absolute Gasteiger partial charge is 0.277 e. The molecule has 1 amide bonds. The quantitative estimate of drug-likeness (QED) is 0.275. The van der Waals surface area contributed by atoms with E-state index in [-0.39, 0.29) is 5.91 Å². The fourth-order valence-electron chi connectivity index (χ4n) is 4.63. The summed E-state index contributed by atoms with van der Waals surface area (Å²) in [4.78, 5) is 17.5. The van der Waals surface area contributed by atoms with Crippen molar-refractivity contribution >= 4 is 50.0 Å². The van der Waals surface area contributed by atoms with Crippen LogP contribution in [0.4, 0.5) is 0 Å². The number of carbonyl (C=O) groups is 1. The van der Waals surface area contributed by atoms with Crippen LogP contribution in [-0.4, -0.2) is 11.6 Å². The molecule has 0 bridgehead atoms. The van der Waals surface area contributed by atoms with Crippen LogP contribution in [0, 0.1) is 0 Å². The highest BCUT2D eigenvalue weighted by molar-refractivity contribution is 6.33. The van der Waals surface area contributed by atoms with Crippen molar-refractivity contribution in [3.8, 4) is 0 Å². The van der Waals surface area contributed by atoms with E-state index in [2.05, 4.69) is 65.7 Å². The van der Waals surface area contributed by atoms with Gasteiger partial charge in [0.05, 0.1) is 5.71 Å². The van der Waals surface area contributed by atoms with Gasteiger partial charge in [-0.25, -0.2) is 4.99 Å². The number of fused-ring (bicyclic) bond motifs is 2. The molecule has 0 aliphatic heterocycles. The molecule has 0 unspecified atom stereocenters. The van der Waals surface area contributed by atoms with Crippen molar-refractivity contribution in [2.45, 2.75) is 6.42 Å². The highest BCUT2D eigenvalue weighted by Crippen LogP contribution is 2.37. The predicted octanol–water partition coefficient (Wildman–Crippen LogP) is 5.68. The van der Waals surface area contributed by atoms with E-state index in [0.29, 0.717) is 12.0 Å². The van der Waals surface area contributed by atoms with Gasteiger partial charge >= 0.3 is 0 Å². The average molecular weight is 371 g/mol. The van der Waals surface area contributed by atoms with Gasteiger partial charge in [-0.3, -0.25) is 4.79 Å². The zero-order valence-electron chi connectivity index (χ0n) is 15.7. The molecule has 2 heteroatoms. The Balaban J connectivity index is 1.74. The molecule has 1 aliphatic carbocycles. The standard InChI is InChI=1S/C27H17NO/c29-27(19-7-2-1-3-8-19)28-23-16-15-18-11-5-13-21-20-12-4-9-17-10-6-14-22(24(17)20)26(23)25(18)21/h1-15H,16H2. The van der Waals surface area contributed by atoms with Gasteiger partial charge in [0.15, 0.2) is 0 Å². The Morgan fingerprint density at radius 1 is 0.690 bits per heavy atom. The monoisotopic (exact) mass is 371 g/mol. The van der Waals surface area contributed by atoms with E-state index in [4.69, 9.17) is 0 Å². The van der Waals surface area contributed by atoms with Gasteiger partial charge in [0, 0.05) is 17.5 Å². The second kappa shape index (κ2) is 6.11. The van der Waals surface area contributed by atoms with Crippen LogP contribution in [0.2, 0.25) is 0 Å². The molecular weight excluding hydrogens is 354 g/mol. The van der Waals surface area contributed by atoms with Crippen molar-refractivity contribution in [1.29, 1.82) is 0 Å². The third-order valence-electron chi connectivity index (χ3n) is 5.87. The van der Waals surface area contributed by atoms with Gasteiger partial charge in [0.2, 0.25) is 0 Å². The lowest BCUT2D eigenvalue weighted by molar-refractivity contribution is 0.100. The number of aliphatic imine (C=N–C) groups is 1. The van der Waals surface area contributed by atoms with Crippen LogP contribution in [0.15, 0.2) is 89.9 Å². The minimum Gasteiger partial charge on any atom is -0.267 e. The van der Waals surface area contributed by atoms with Crippen molar-refractivity contribution in [2.75, 3.05) is 0 Å². The van der Waals surface area contributed by atoms with Gasteiger partial charge in [0.25, 0.3) is 5.91 Å². The molecule has 0 heterocycles. The van der Waals surface area contributed by atoms with Crippen LogP contribution < -0.4 is 5.22 Å². The highest BCUT2D eigenvalue weighted by atomic mass is 16.1. The zero-order valence-corrected chi connectivity index (χ0v) is 15.7. The summed E-state index contributed by atoms with van der Waals surface area (Å²) in [5.41, 5.74) is 2.57. The van der Waals surface area contributed by atoms with Crippen LogP contribution in [0.3, 0.4) is 0 Å². The summed E-state index contributed by atoms with van der Waals surface area (Å²) >= 11 is 0. The summed E-state index contributed by atoms with van der Waals surface area (Å²) in [5, 5.41) is 8.52. The molecule has 0 radical (unpaired) electrons. The smallest absolute Gasteiger partial charge is 0.267 e. The van der Waals surface area contributed by atoms with Crippen LogP contribution in [0.1, 0.15) is 22.3 Å². The maximum Gasteiger partial charge on any atom is 0.277 e. The number of benzene rings is 5. The van der Waals surface area contributed by atoms with Crippen molar-refractivity contribution in [3.05, 3.63) is 101 Å². The minimum absolute atomic E-state index is 0.187. The maximum absolute atomic E-state index is 12.9. The fourth-order valence-corrected chi connectivity index (χ4v) is 4.63. The highest BCUT2D eigenvalue weighted by Gasteiger charge is 2.20. The molecule has 6 rings (SSSR count). The molecule has 0 spiro atoms. The minimum atomic E-state index is -0.187. The van der Waals surface area contributed by atoms with Gasteiger partial charge in [0.1, 0.15) is 0 Å². The summed E-state index contributed by atoms with van der Waals surface area (Å²) < 4.78 is 0. The number of amides is 1. The summed E-state index contributed by atoms with van der Waals surface area (Å²) in [5.74, 6) is -0.187. The molecule has 2 nitrogen and oxygen atoms in total. The Morgan fingerprint density at radius 2 is 1.38 bits per heavy atom. The van der Waals surface area contributed by atoms with E-state index < -0.39 is 0 Å². The first-order valence-electron chi connectivity index (χ1n) is 9.84. The Bertz CT molecular complexity index is 1520. The molecule has 136 valence electrons. The molecule has 29 heavy (non-hydrogen) atoms. The van der Waals surface area contributed by atoms with Gasteiger partial charge in [-0.15, -0.1) is 0 Å². The first kappa shape index (κ1) is 16.2. The van der Waals surface area contributed by atoms with E-state index in [0.717, 1.165) is 11.3 Å². The molecule has 1 aliphatic rings. The Labute approximate surface area is 167 Å². The Hall–Kier alpha value is -3.78. The topological polar surface area (TPSA) is 29.4 Å². The first-order valence-corrected chi connectivity index (χ1v) is 9.84. The first-order chi connectivity index (χ1) is 14.3. The van der Waals surface area contributed by atoms with Gasteiger partial charge in [-0.05, 0) is 49.7 Å². The third-order valence-corrected chi connectivity index (χ3v) is 5.87. The lowest BCUT2D eigenvalue weighted by atomic mass is 9.85. The summed E-state index contributed by atoms with van der Waals surface area (Å²) in [7, 11) is 0. The lowest BCUT2D eigenvalue weighted by Crippen LogP contribution is -2.17. The number of hydrogen-bond acceptors (Lipinski definition) is 1. The van der Waals surface area contributed by atoms with Crippen molar-refractivity contribution in [2.24, 2.45) is 4.99 Å². The third kappa shape index (κ3) is 2.36. The zero-order chi connectivity index (χ0) is 19.4. The molecule has 5 aromatic carbocycles. The van der Waals surface area contributed by atoms with E-state index in [1.807, 2.05) is 30.3 Å². The fraction of sp³-hybridized carbons (Fsp3) is 0.0370. The molecule has 0 saturated carbocycles. The van der Waals surface area contributed by atoms with E-state index in [9.17, 15) is 4.79 Å². The van der Waals surface area contributed by atoms with Crippen molar-refractivity contribution in [3.63, 3.8) is 0 Å². The van der Waals surface area contributed by atoms with Crippen LogP contribution >= 0.6 is 0 Å². The van der Waals surface area contributed by atoms with E-state index in [1.54, 1.807) is 0 Å². The second-order valence-electron chi connectivity index (χ2n) is 7.49. The molecular formula is C27H17NO. The summed E-state index contributed by atoms with van der Waals surface area (Å²) in [6.45, 7) is 0. The maximum atomic E-state index is 12.9. The molecule has 0 fully saturated rings. The number of carbonyl (C=O) groups excluding carboxylic acids is 1. The Kier molecular flexibility index (Phi) is 3.41. The van der Waals surface area contributed by atoms with Crippen LogP contribution in [0.25, 0.3) is 38.4 Å². The normalized spacial score (nSPS) is 14.6. The molecule has 0 saturated heterocycles. The second-order valence-corrected chi connectivity index (χ2v) is 7.49. The molecule has 5 aromatic rings. The molecule has 0 atom stereocenters. The van der Waals surface area contributed by atoms with Gasteiger partial charge < -0.3 is 0 Å². The van der Waals surface area contributed by atoms with Crippen LogP contribution in [-0.2, 0) is 0 Å². The van der Waals surface area contributed by atoms with E-state index >= 15 is 0 Å². The van der Waals surface area contributed by atoms with Crippen molar-refractivity contribution < 1.29 is 4.79 Å². The number of hydrogen-bond donors (Lipinski definition) is 0. The predicted molar refractivity (Wildman–Crippen MR) is 121 cm³/mol. The number of rotatable bonds is 1. The average Bonchev–Trinajstić information content (AvgIpc) is 2.78. The van der Waals surface area contributed by atoms with Gasteiger partial charge in [-0.1, -0.05) is 78.9 Å².